The molecule has 0 amide bonds. The van der Waals surface area contributed by atoms with E-state index in [1.165, 1.54) is 128 Å². The summed E-state index contributed by atoms with van der Waals surface area (Å²) in [7, 11) is 0. The van der Waals surface area contributed by atoms with Crippen LogP contribution in [0.15, 0.2) is 224 Å². The molecule has 0 N–H and O–H groups in total. The number of hydrogen-bond acceptors (Lipinski definition) is 0. The Morgan fingerprint density at radius 1 is 0.354 bits per heavy atom. The zero-order valence-corrected chi connectivity index (χ0v) is 35.9. The summed E-state index contributed by atoms with van der Waals surface area (Å²) in [6, 6.07) is 85.4. The Morgan fingerprint density at radius 3 is 1.72 bits per heavy atom. The molecule has 3 aliphatic carbocycles. The van der Waals surface area contributed by atoms with Crippen molar-refractivity contribution < 1.29 is 0 Å². The van der Waals surface area contributed by atoms with Crippen molar-refractivity contribution in [1.82, 2.24) is 4.57 Å². The van der Waals surface area contributed by atoms with Gasteiger partial charge in [0.05, 0.1) is 22.1 Å². The van der Waals surface area contributed by atoms with Gasteiger partial charge in [-0.3, -0.25) is 0 Å². The Hall–Kier alpha value is -8.00. The molecule has 11 aromatic rings. The van der Waals surface area contributed by atoms with E-state index in [1.807, 2.05) is 0 Å². The third kappa shape index (κ3) is 4.29. The topological polar surface area (TPSA) is 4.93 Å². The second kappa shape index (κ2) is 12.6. The van der Waals surface area contributed by atoms with Gasteiger partial charge >= 0.3 is 0 Å². The van der Waals surface area contributed by atoms with Crippen LogP contribution in [0.5, 0.6) is 0 Å². The summed E-state index contributed by atoms with van der Waals surface area (Å²) < 4.78 is 2.59. The van der Waals surface area contributed by atoms with Crippen molar-refractivity contribution in [2.24, 2.45) is 0 Å². The summed E-state index contributed by atoms with van der Waals surface area (Å²) in [5, 5.41) is 2.58. The van der Waals surface area contributed by atoms with Crippen LogP contribution in [0.25, 0.3) is 72.0 Å². The molecule has 2 unspecified atom stereocenters. The molecule has 0 radical (unpaired) electrons. The summed E-state index contributed by atoms with van der Waals surface area (Å²) >= 11 is 0. The summed E-state index contributed by atoms with van der Waals surface area (Å²) in [6.45, 7) is 2.48. The van der Waals surface area contributed by atoms with E-state index in [9.17, 15) is 0 Å². The van der Waals surface area contributed by atoms with Gasteiger partial charge in [0.15, 0.2) is 0 Å². The number of hydrogen-bond donors (Lipinski definition) is 0. The molecule has 1 spiro atoms. The average Bonchev–Trinajstić information content (AvgIpc) is 3.97. The molecule has 0 fully saturated rings. The van der Waals surface area contributed by atoms with Gasteiger partial charge in [0.25, 0.3) is 0 Å². The third-order valence-electron chi connectivity index (χ3n) is 15.9. The highest BCUT2D eigenvalue weighted by Crippen LogP contribution is 2.63. The van der Waals surface area contributed by atoms with Crippen LogP contribution in [0, 0.1) is 0 Å². The van der Waals surface area contributed by atoms with Gasteiger partial charge < -0.3 is 4.57 Å². The summed E-state index contributed by atoms with van der Waals surface area (Å²) in [6.07, 6.45) is 0. The van der Waals surface area contributed by atoms with Gasteiger partial charge in [0.2, 0.25) is 0 Å². The minimum absolute atomic E-state index is 0.0120. The van der Waals surface area contributed by atoms with E-state index in [-0.39, 0.29) is 11.3 Å². The molecule has 2 heterocycles. The van der Waals surface area contributed by atoms with Crippen molar-refractivity contribution in [2.45, 2.75) is 23.7 Å². The number of aromatic nitrogens is 1. The lowest BCUT2D eigenvalue weighted by Crippen LogP contribution is -2.33. The molecular weight excluding hydrogens is 783 g/mol. The molecule has 15 rings (SSSR count). The first-order valence-electron chi connectivity index (χ1n) is 23.0. The van der Waals surface area contributed by atoms with Crippen LogP contribution < -0.4 is 0 Å². The van der Waals surface area contributed by atoms with E-state index < -0.39 is 5.41 Å². The number of rotatable bonds is 3. The average molecular weight is 824 g/mol. The fourth-order valence-corrected chi connectivity index (χ4v) is 13.5. The van der Waals surface area contributed by atoms with E-state index >= 15 is 0 Å². The Labute approximate surface area is 378 Å². The maximum Gasteiger partial charge on any atom is 0.0754 e. The van der Waals surface area contributed by atoms with Gasteiger partial charge in [0, 0.05) is 22.1 Å². The van der Waals surface area contributed by atoms with Crippen molar-refractivity contribution in [1.29, 1.82) is 0 Å². The molecule has 4 aliphatic rings. The van der Waals surface area contributed by atoms with E-state index in [0.717, 1.165) is 0 Å². The maximum absolute atomic E-state index is 2.59. The van der Waals surface area contributed by atoms with Gasteiger partial charge in [-0.25, -0.2) is 0 Å². The van der Waals surface area contributed by atoms with Crippen LogP contribution in [0.4, 0.5) is 0 Å². The van der Waals surface area contributed by atoms with Crippen molar-refractivity contribution in [3.8, 4) is 50.2 Å². The zero-order chi connectivity index (χ0) is 42.6. The number of benzene rings is 10. The molecule has 0 saturated heterocycles. The highest BCUT2D eigenvalue weighted by Gasteiger charge is 2.52. The van der Waals surface area contributed by atoms with Crippen molar-refractivity contribution in [2.75, 3.05) is 0 Å². The quantitative estimate of drug-likeness (QED) is 0.167. The standard InChI is InChI=1S/C64H41N/c1-63-52-28-11-7-22-45(52)48-25-15-27-50(61(48)63)60(51-37-40(33-35-53(51)63)39-17-3-2-4-18-39)47-24-6-5-19-42(47)41-34-36-56-59(38-41)65-58-32-14-10-23-46(58)49-26-16-31-57(62(49)65)64(56)54-29-12-8-20-43(54)44-21-9-13-30-55(44)64/h2-38,60H,1H3. The first kappa shape index (κ1) is 35.5. The van der Waals surface area contributed by atoms with E-state index in [2.05, 4.69) is 236 Å². The van der Waals surface area contributed by atoms with Crippen LogP contribution in [0.1, 0.15) is 68.5 Å². The normalized spacial score (nSPS) is 17.3. The molecule has 302 valence electrons. The fraction of sp³-hybridized carbons (Fsp3) is 0.0625. The molecule has 1 aliphatic heterocycles. The minimum atomic E-state index is -0.481. The summed E-state index contributed by atoms with van der Waals surface area (Å²) in [4.78, 5) is 0. The number of para-hydroxylation sites is 2. The molecule has 1 aromatic heterocycles. The molecule has 0 saturated carbocycles. The number of fused-ring (bicyclic) bond motifs is 17. The maximum atomic E-state index is 2.59. The van der Waals surface area contributed by atoms with Crippen LogP contribution in [-0.2, 0) is 10.8 Å². The zero-order valence-electron chi connectivity index (χ0n) is 35.9. The summed E-state index contributed by atoms with van der Waals surface area (Å²) in [5.74, 6) is 0.0120. The largest absolute Gasteiger partial charge is 0.309 e. The summed E-state index contributed by atoms with van der Waals surface area (Å²) in [5.41, 5.74) is 27.1. The first-order chi connectivity index (χ1) is 32.2. The Morgan fingerprint density at radius 2 is 0.923 bits per heavy atom. The first-order valence-corrected chi connectivity index (χ1v) is 23.0. The lowest BCUT2D eigenvalue weighted by molar-refractivity contribution is 0.658. The highest BCUT2D eigenvalue weighted by atomic mass is 15.0. The van der Waals surface area contributed by atoms with E-state index in [4.69, 9.17) is 0 Å². The molecular formula is C64H41N. The van der Waals surface area contributed by atoms with Crippen LogP contribution in [0.3, 0.4) is 0 Å². The predicted octanol–water partition coefficient (Wildman–Crippen LogP) is 15.6. The van der Waals surface area contributed by atoms with Crippen molar-refractivity contribution in [3.63, 3.8) is 0 Å². The fourth-order valence-electron chi connectivity index (χ4n) is 13.5. The van der Waals surface area contributed by atoms with Crippen LogP contribution in [0.2, 0.25) is 0 Å². The Kier molecular flexibility index (Phi) is 6.87. The monoisotopic (exact) mass is 823 g/mol. The molecule has 0 bridgehead atoms. The van der Waals surface area contributed by atoms with Crippen LogP contribution in [-0.4, -0.2) is 4.57 Å². The van der Waals surface area contributed by atoms with Gasteiger partial charge in [0.1, 0.15) is 0 Å². The lowest BCUT2D eigenvalue weighted by atomic mass is 9.61. The van der Waals surface area contributed by atoms with Gasteiger partial charge in [-0.05, 0) is 125 Å². The lowest BCUT2D eigenvalue weighted by Gasteiger charge is -2.41. The molecule has 2 atom stereocenters. The van der Waals surface area contributed by atoms with Crippen molar-refractivity contribution >= 4 is 21.8 Å². The second-order valence-electron chi connectivity index (χ2n) is 18.8. The molecule has 1 heteroatoms. The third-order valence-corrected chi connectivity index (χ3v) is 15.9. The SMILES string of the molecule is CC12c3ccccc3-c3cccc(c31)C(c1ccccc1-c1ccc3c(c1)-n1c4ccccc4c4cccc(c41)C31c3ccccc3-c3ccccc31)c1cc(-c3ccccc3)ccc12. The van der Waals surface area contributed by atoms with E-state index in [0.29, 0.717) is 0 Å². The molecule has 1 nitrogen and oxygen atoms in total. The smallest absolute Gasteiger partial charge is 0.0754 e. The Balaban J connectivity index is 1.02. The van der Waals surface area contributed by atoms with Crippen molar-refractivity contribution in [3.05, 3.63) is 280 Å². The minimum Gasteiger partial charge on any atom is -0.309 e. The Bertz CT molecular complexity index is 3820. The van der Waals surface area contributed by atoms with Gasteiger partial charge in [-0.2, -0.15) is 0 Å². The van der Waals surface area contributed by atoms with Crippen LogP contribution >= 0.6 is 0 Å². The predicted molar refractivity (Wildman–Crippen MR) is 267 cm³/mol. The highest BCUT2D eigenvalue weighted by molar-refractivity contribution is 6.13. The second-order valence-corrected chi connectivity index (χ2v) is 18.8. The van der Waals surface area contributed by atoms with Gasteiger partial charge in [-0.1, -0.05) is 206 Å². The molecule has 10 aromatic carbocycles. The van der Waals surface area contributed by atoms with Gasteiger partial charge in [-0.15, -0.1) is 0 Å². The van der Waals surface area contributed by atoms with E-state index in [1.54, 1.807) is 0 Å². The number of nitrogens with zero attached hydrogens (tertiary/aromatic N) is 1. The molecule has 65 heavy (non-hydrogen) atoms.